The third kappa shape index (κ3) is 3.83. The first-order valence-corrected chi connectivity index (χ1v) is 7.52. The van der Waals surface area contributed by atoms with Gasteiger partial charge in [-0.3, -0.25) is 0 Å². The van der Waals surface area contributed by atoms with Crippen LogP contribution in [0, 0.1) is 5.92 Å². The zero-order valence-electron chi connectivity index (χ0n) is 11.8. The van der Waals surface area contributed by atoms with Gasteiger partial charge >= 0.3 is 0 Å². The minimum atomic E-state index is 0.0734. The van der Waals surface area contributed by atoms with Crippen molar-refractivity contribution < 1.29 is 4.74 Å². The second kappa shape index (κ2) is 6.58. The van der Waals surface area contributed by atoms with Crippen molar-refractivity contribution in [2.45, 2.75) is 44.7 Å². The van der Waals surface area contributed by atoms with Crippen LogP contribution in [0.1, 0.15) is 38.3 Å². The Balaban J connectivity index is 1.98. The molecule has 0 radical (unpaired) electrons. The van der Waals surface area contributed by atoms with Crippen molar-refractivity contribution >= 4 is 11.6 Å². The Kier molecular flexibility index (Phi) is 5.06. The summed E-state index contributed by atoms with van der Waals surface area (Å²) in [6, 6.07) is 5.85. The Morgan fingerprint density at radius 2 is 2.37 bits per heavy atom. The zero-order valence-corrected chi connectivity index (χ0v) is 12.5. The Morgan fingerprint density at radius 1 is 1.53 bits per heavy atom. The number of nitrogens with one attached hydrogen (secondary N) is 1. The van der Waals surface area contributed by atoms with E-state index in [9.17, 15) is 0 Å². The standard InChI is InChI=1S/C15H23ClN2O/c1-12-5-4-8-15(9-12,11-16)17-10-13-6-3-7-14(18-13)19-2/h3,6-7,12,17H,4-5,8-11H2,1-2H3. The number of halogens is 1. The summed E-state index contributed by atoms with van der Waals surface area (Å²) < 4.78 is 5.15. The van der Waals surface area contributed by atoms with Crippen LogP contribution in [0.4, 0.5) is 0 Å². The van der Waals surface area contributed by atoms with Crippen LogP contribution in [0.25, 0.3) is 0 Å². The molecule has 2 rings (SSSR count). The minimum Gasteiger partial charge on any atom is -0.481 e. The quantitative estimate of drug-likeness (QED) is 0.841. The van der Waals surface area contributed by atoms with Crippen molar-refractivity contribution in [1.29, 1.82) is 0 Å². The maximum atomic E-state index is 6.22. The van der Waals surface area contributed by atoms with Gasteiger partial charge in [-0.25, -0.2) is 4.98 Å². The van der Waals surface area contributed by atoms with Crippen LogP contribution in [0.15, 0.2) is 18.2 Å². The first-order valence-electron chi connectivity index (χ1n) is 6.98. The van der Waals surface area contributed by atoms with Gasteiger partial charge in [0.15, 0.2) is 0 Å². The van der Waals surface area contributed by atoms with Crippen LogP contribution in [-0.2, 0) is 6.54 Å². The number of hydrogen-bond donors (Lipinski definition) is 1. The lowest BCUT2D eigenvalue weighted by Gasteiger charge is -2.39. The molecule has 0 aliphatic heterocycles. The van der Waals surface area contributed by atoms with Crippen LogP contribution in [0.5, 0.6) is 5.88 Å². The molecule has 1 heterocycles. The third-order valence-electron chi connectivity index (χ3n) is 3.98. The number of nitrogens with zero attached hydrogens (tertiary/aromatic N) is 1. The molecule has 1 N–H and O–H groups in total. The number of methoxy groups -OCH3 is 1. The Bertz CT molecular complexity index is 413. The highest BCUT2D eigenvalue weighted by atomic mass is 35.5. The summed E-state index contributed by atoms with van der Waals surface area (Å²) in [6.45, 7) is 3.06. The number of alkyl halides is 1. The van der Waals surface area contributed by atoms with Gasteiger partial charge in [0.05, 0.1) is 12.8 Å². The van der Waals surface area contributed by atoms with Crippen molar-refractivity contribution in [3.05, 3.63) is 23.9 Å². The van der Waals surface area contributed by atoms with Gasteiger partial charge in [0, 0.05) is 24.0 Å². The molecular weight excluding hydrogens is 260 g/mol. The van der Waals surface area contributed by atoms with Gasteiger partial charge in [0.25, 0.3) is 0 Å². The van der Waals surface area contributed by atoms with Crippen molar-refractivity contribution in [1.82, 2.24) is 10.3 Å². The lowest BCUT2D eigenvalue weighted by molar-refractivity contribution is 0.207. The molecule has 4 heteroatoms. The smallest absolute Gasteiger partial charge is 0.213 e. The van der Waals surface area contributed by atoms with Gasteiger partial charge in [-0.1, -0.05) is 25.8 Å². The molecule has 2 unspecified atom stereocenters. The van der Waals surface area contributed by atoms with Crippen LogP contribution in [0.2, 0.25) is 0 Å². The van der Waals surface area contributed by atoms with Crippen LogP contribution in [-0.4, -0.2) is 23.5 Å². The molecule has 1 saturated carbocycles. The van der Waals surface area contributed by atoms with Gasteiger partial charge < -0.3 is 10.1 Å². The molecule has 0 aromatic carbocycles. The highest BCUT2D eigenvalue weighted by Gasteiger charge is 2.33. The van der Waals surface area contributed by atoms with Crippen molar-refractivity contribution in [2.24, 2.45) is 5.92 Å². The lowest BCUT2D eigenvalue weighted by Crippen LogP contribution is -2.49. The second-order valence-electron chi connectivity index (χ2n) is 5.64. The summed E-state index contributed by atoms with van der Waals surface area (Å²) in [6.07, 6.45) is 4.88. The number of ether oxygens (including phenoxy) is 1. The fourth-order valence-electron chi connectivity index (χ4n) is 2.94. The third-order valence-corrected chi connectivity index (χ3v) is 4.49. The lowest BCUT2D eigenvalue weighted by atomic mass is 9.77. The van der Waals surface area contributed by atoms with E-state index in [-0.39, 0.29) is 5.54 Å². The van der Waals surface area contributed by atoms with Gasteiger partial charge in [-0.2, -0.15) is 0 Å². The van der Waals surface area contributed by atoms with E-state index in [4.69, 9.17) is 16.3 Å². The van der Waals surface area contributed by atoms with Crippen LogP contribution < -0.4 is 10.1 Å². The summed E-state index contributed by atoms with van der Waals surface area (Å²) in [5.74, 6) is 2.08. The molecule has 1 aliphatic carbocycles. The number of rotatable bonds is 5. The number of aromatic nitrogens is 1. The maximum Gasteiger partial charge on any atom is 0.213 e. The first-order chi connectivity index (χ1) is 9.17. The fourth-order valence-corrected chi connectivity index (χ4v) is 3.27. The first kappa shape index (κ1) is 14.6. The summed E-state index contributed by atoms with van der Waals surface area (Å²) in [7, 11) is 1.64. The predicted molar refractivity (Wildman–Crippen MR) is 78.7 cm³/mol. The van der Waals surface area contributed by atoms with Crippen LogP contribution >= 0.6 is 11.6 Å². The summed E-state index contributed by atoms with van der Waals surface area (Å²) in [5.41, 5.74) is 1.08. The van der Waals surface area contributed by atoms with E-state index >= 15 is 0 Å². The summed E-state index contributed by atoms with van der Waals surface area (Å²) in [5, 5.41) is 3.63. The van der Waals surface area contributed by atoms with E-state index in [1.165, 1.54) is 12.8 Å². The van der Waals surface area contributed by atoms with E-state index in [0.717, 1.165) is 31.0 Å². The highest BCUT2D eigenvalue weighted by Crippen LogP contribution is 2.33. The molecule has 1 fully saturated rings. The summed E-state index contributed by atoms with van der Waals surface area (Å²) >= 11 is 6.22. The largest absolute Gasteiger partial charge is 0.481 e. The molecule has 0 spiro atoms. The number of hydrogen-bond acceptors (Lipinski definition) is 3. The highest BCUT2D eigenvalue weighted by molar-refractivity contribution is 6.18. The molecule has 2 atom stereocenters. The molecule has 0 amide bonds. The predicted octanol–water partition coefficient (Wildman–Crippen LogP) is 3.37. The molecule has 0 saturated heterocycles. The molecule has 0 bridgehead atoms. The molecule has 1 aromatic rings. The summed E-state index contributed by atoms with van der Waals surface area (Å²) in [4.78, 5) is 4.43. The van der Waals surface area contributed by atoms with Crippen molar-refractivity contribution in [3.63, 3.8) is 0 Å². The van der Waals surface area contributed by atoms with E-state index in [1.807, 2.05) is 18.2 Å². The maximum absolute atomic E-state index is 6.22. The van der Waals surface area contributed by atoms with Crippen molar-refractivity contribution in [2.75, 3.05) is 13.0 Å². The van der Waals surface area contributed by atoms with Gasteiger partial charge in [0.2, 0.25) is 5.88 Å². The van der Waals surface area contributed by atoms with E-state index in [0.29, 0.717) is 11.8 Å². The fraction of sp³-hybridized carbons (Fsp3) is 0.667. The van der Waals surface area contributed by atoms with E-state index in [1.54, 1.807) is 7.11 Å². The average molecular weight is 283 g/mol. The Labute approximate surface area is 120 Å². The average Bonchev–Trinajstić information content (AvgIpc) is 2.45. The molecule has 106 valence electrons. The normalized spacial score (nSPS) is 27.2. The molecule has 1 aliphatic rings. The van der Waals surface area contributed by atoms with E-state index < -0.39 is 0 Å². The zero-order chi connectivity index (χ0) is 13.7. The van der Waals surface area contributed by atoms with Gasteiger partial charge in [-0.05, 0) is 24.8 Å². The molecule has 3 nitrogen and oxygen atoms in total. The van der Waals surface area contributed by atoms with E-state index in [2.05, 4.69) is 17.2 Å². The monoisotopic (exact) mass is 282 g/mol. The Hall–Kier alpha value is -0.800. The van der Waals surface area contributed by atoms with Gasteiger partial charge in [0.1, 0.15) is 0 Å². The molecular formula is C15H23ClN2O. The van der Waals surface area contributed by atoms with Crippen molar-refractivity contribution in [3.8, 4) is 5.88 Å². The van der Waals surface area contributed by atoms with Gasteiger partial charge in [-0.15, -0.1) is 11.6 Å². The minimum absolute atomic E-state index is 0.0734. The molecule has 19 heavy (non-hydrogen) atoms. The number of pyridine rings is 1. The SMILES string of the molecule is COc1cccc(CNC2(CCl)CCCC(C)C2)n1. The second-order valence-corrected chi connectivity index (χ2v) is 5.91. The molecule has 1 aromatic heterocycles. The topological polar surface area (TPSA) is 34.1 Å². The van der Waals surface area contributed by atoms with Crippen LogP contribution in [0.3, 0.4) is 0 Å². The Morgan fingerprint density at radius 3 is 3.05 bits per heavy atom.